The summed E-state index contributed by atoms with van der Waals surface area (Å²) < 4.78 is 0. The van der Waals surface area contributed by atoms with Gasteiger partial charge in [-0.3, -0.25) is 9.88 Å². The molecule has 5 heteroatoms. The largest absolute Gasteiger partial charge is 0.322 e. The number of anilines is 1. The van der Waals surface area contributed by atoms with Gasteiger partial charge in [0.1, 0.15) is 0 Å². The van der Waals surface area contributed by atoms with E-state index in [1.165, 1.54) is 5.56 Å². The zero-order valence-corrected chi connectivity index (χ0v) is 13.6. The SMILES string of the molecule is O=C(Nc1cccnc1)N1CCN(C/C=C/c2ccccc2)CC1. The normalized spacial score (nSPS) is 15.6. The van der Waals surface area contributed by atoms with Gasteiger partial charge in [0.15, 0.2) is 0 Å². The van der Waals surface area contributed by atoms with Crippen LogP contribution >= 0.6 is 0 Å². The quantitative estimate of drug-likeness (QED) is 0.941. The average molecular weight is 322 g/mol. The number of hydrogen-bond acceptors (Lipinski definition) is 3. The summed E-state index contributed by atoms with van der Waals surface area (Å²) in [6, 6.07) is 13.9. The molecule has 1 fully saturated rings. The van der Waals surface area contributed by atoms with Gasteiger partial charge in [-0.25, -0.2) is 4.79 Å². The van der Waals surface area contributed by atoms with Gasteiger partial charge < -0.3 is 10.2 Å². The molecule has 2 aromatic rings. The van der Waals surface area contributed by atoms with Crippen LogP contribution in [0.15, 0.2) is 60.9 Å². The summed E-state index contributed by atoms with van der Waals surface area (Å²) in [4.78, 5) is 20.4. The molecule has 3 rings (SSSR count). The van der Waals surface area contributed by atoms with Crippen molar-refractivity contribution in [2.75, 3.05) is 38.0 Å². The highest BCUT2D eigenvalue weighted by Gasteiger charge is 2.20. The van der Waals surface area contributed by atoms with Crippen molar-refractivity contribution < 1.29 is 4.79 Å². The first-order chi connectivity index (χ1) is 11.8. The smallest absolute Gasteiger partial charge is 0.321 e. The predicted molar refractivity (Wildman–Crippen MR) is 96.7 cm³/mol. The van der Waals surface area contributed by atoms with Crippen LogP contribution in [0.25, 0.3) is 6.08 Å². The van der Waals surface area contributed by atoms with E-state index in [2.05, 4.69) is 39.5 Å². The Morgan fingerprint density at radius 3 is 2.58 bits per heavy atom. The molecule has 1 aliphatic rings. The lowest BCUT2D eigenvalue weighted by atomic mass is 10.2. The van der Waals surface area contributed by atoms with Gasteiger partial charge in [-0.2, -0.15) is 0 Å². The van der Waals surface area contributed by atoms with Crippen molar-refractivity contribution in [1.82, 2.24) is 14.8 Å². The number of benzene rings is 1. The Hall–Kier alpha value is -2.66. The molecule has 2 amide bonds. The summed E-state index contributed by atoms with van der Waals surface area (Å²) in [7, 11) is 0. The second-order valence-electron chi connectivity index (χ2n) is 5.77. The zero-order chi connectivity index (χ0) is 16.6. The van der Waals surface area contributed by atoms with Crippen LogP contribution in [-0.4, -0.2) is 53.5 Å². The first kappa shape index (κ1) is 16.2. The fraction of sp³-hybridized carbons (Fsp3) is 0.263. The summed E-state index contributed by atoms with van der Waals surface area (Å²) >= 11 is 0. The molecule has 2 heterocycles. The molecule has 0 spiro atoms. The molecule has 1 saturated heterocycles. The molecule has 1 aliphatic heterocycles. The molecule has 0 saturated carbocycles. The van der Waals surface area contributed by atoms with E-state index in [1.807, 2.05) is 35.2 Å². The fourth-order valence-corrected chi connectivity index (χ4v) is 2.67. The predicted octanol–water partition coefficient (Wildman–Crippen LogP) is 2.94. The molecule has 1 aromatic carbocycles. The van der Waals surface area contributed by atoms with Crippen molar-refractivity contribution in [1.29, 1.82) is 0 Å². The number of aromatic nitrogens is 1. The number of hydrogen-bond donors (Lipinski definition) is 1. The van der Waals surface area contributed by atoms with Gasteiger partial charge in [0.25, 0.3) is 0 Å². The van der Waals surface area contributed by atoms with Crippen LogP contribution in [0.5, 0.6) is 0 Å². The fourth-order valence-electron chi connectivity index (χ4n) is 2.67. The molecular formula is C19H22N4O. The lowest BCUT2D eigenvalue weighted by Gasteiger charge is -2.34. The van der Waals surface area contributed by atoms with Crippen molar-refractivity contribution in [3.63, 3.8) is 0 Å². The summed E-state index contributed by atoms with van der Waals surface area (Å²) in [6.45, 7) is 4.17. The van der Waals surface area contributed by atoms with E-state index in [1.54, 1.807) is 12.4 Å². The number of piperazine rings is 1. The molecule has 5 nitrogen and oxygen atoms in total. The van der Waals surface area contributed by atoms with Gasteiger partial charge in [0, 0.05) is 38.9 Å². The number of urea groups is 1. The third kappa shape index (κ3) is 4.67. The van der Waals surface area contributed by atoms with Crippen molar-refractivity contribution in [2.24, 2.45) is 0 Å². The van der Waals surface area contributed by atoms with Crippen LogP contribution < -0.4 is 5.32 Å². The number of nitrogens with one attached hydrogen (secondary N) is 1. The lowest BCUT2D eigenvalue weighted by Crippen LogP contribution is -2.49. The van der Waals surface area contributed by atoms with Gasteiger partial charge in [-0.15, -0.1) is 0 Å². The first-order valence-corrected chi connectivity index (χ1v) is 8.21. The minimum atomic E-state index is -0.0533. The standard InChI is InChI=1S/C19H22N4O/c24-19(21-18-9-4-10-20-16-18)23-14-12-22(13-15-23)11-5-8-17-6-2-1-3-7-17/h1-10,16H,11-15H2,(H,21,24)/b8-5+. The summed E-state index contributed by atoms with van der Waals surface area (Å²) in [6.07, 6.45) is 7.67. The summed E-state index contributed by atoms with van der Waals surface area (Å²) in [5, 5.41) is 2.88. The zero-order valence-electron chi connectivity index (χ0n) is 13.6. The van der Waals surface area contributed by atoms with Crippen LogP contribution in [0.3, 0.4) is 0 Å². The second-order valence-corrected chi connectivity index (χ2v) is 5.77. The number of pyridine rings is 1. The number of carbonyl (C=O) groups is 1. The summed E-state index contributed by atoms with van der Waals surface area (Å²) in [5.74, 6) is 0. The van der Waals surface area contributed by atoms with Crippen LogP contribution in [0.2, 0.25) is 0 Å². The molecule has 124 valence electrons. The molecule has 0 atom stereocenters. The maximum absolute atomic E-state index is 12.2. The summed E-state index contributed by atoms with van der Waals surface area (Å²) in [5.41, 5.74) is 1.95. The molecule has 0 unspecified atom stereocenters. The molecule has 0 radical (unpaired) electrons. The monoisotopic (exact) mass is 322 g/mol. The molecule has 0 bridgehead atoms. The number of rotatable bonds is 4. The average Bonchev–Trinajstić information content (AvgIpc) is 2.64. The molecular weight excluding hydrogens is 300 g/mol. The van der Waals surface area contributed by atoms with Crippen molar-refractivity contribution >= 4 is 17.8 Å². The molecule has 0 aliphatic carbocycles. The molecule has 1 aromatic heterocycles. The minimum Gasteiger partial charge on any atom is -0.322 e. The Kier molecular flexibility index (Phi) is 5.58. The molecule has 1 N–H and O–H groups in total. The highest BCUT2D eigenvalue weighted by atomic mass is 16.2. The Morgan fingerprint density at radius 1 is 1.08 bits per heavy atom. The third-order valence-corrected chi connectivity index (χ3v) is 4.05. The highest BCUT2D eigenvalue weighted by molar-refractivity contribution is 5.89. The van der Waals surface area contributed by atoms with Crippen LogP contribution in [0.4, 0.5) is 10.5 Å². The van der Waals surface area contributed by atoms with E-state index in [-0.39, 0.29) is 6.03 Å². The van der Waals surface area contributed by atoms with Gasteiger partial charge in [-0.05, 0) is 17.7 Å². The van der Waals surface area contributed by atoms with E-state index < -0.39 is 0 Å². The Morgan fingerprint density at radius 2 is 1.88 bits per heavy atom. The second kappa shape index (κ2) is 8.26. The Balaban J connectivity index is 1.42. The molecule has 24 heavy (non-hydrogen) atoms. The number of carbonyl (C=O) groups excluding carboxylic acids is 1. The van der Waals surface area contributed by atoms with Crippen molar-refractivity contribution in [3.05, 3.63) is 66.5 Å². The number of amides is 2. The van der Waals surface area contributed by atoms with E-state index >= 15 is 0 Å². The first-order valence-electron chi connectivity index (χ1n) is 8.21. The van der Waals surface area contributed by atoms with Gasteiger partial charge in [0.2, 0.25) is 0 Å². The van der Waals surface area contributed by atoms with Crippen LogP contribution in [-0.2, 0) is 0 Å². The maximum atomic E-state index is 12.2. The highest BCUT2D eigenvalue weighted by Crippen LogP contribution is 2.08. The topological polar surface area (TPSA) is 48.5 Å². The minimum absolute atomic E-state index is 0.0533. The number of nitrogens with zero attached hydrogens (tertiary/aromatic N) is 3. The van der Waals surface area contributed by atoms with E-state index in [4.69, 9.17) is 0 Å². The maximum Gasteiger partial charge on any atom is 0.321 e. The Bertz CT molecular complexity index is 664. The van der Waals surface area contributed by atoms with E-state index in [0.29, 0.717) is 0 Å². The van der Waals surface area contributed by atoms with Crippen molar-refractivity contribution in [2.45, 2.75) is 0 Å². The van der Waals surface area contributed by atoms with Gasteiger partial charge in [0.05, 0.1) is 11.9 Å². The Labute approximate surface area is 142 Å². The van der Waals surface area contributed by atoms with E-state index in [0.717, 1.165) is 38.4 Å². The van der Waals surface area contributed by atoms with Gasteiger partial charge >= 0.3 is 6.03 Å². The van der Waals surface area contributed by atoms with Crippen LogP contribution in [0.1, 0.15) is 5.56 Å². The van der Waals surface area contributed by atoms with Gasteiger partial charge in [-0.1, -0.05) is 42.5 Å². The lowest BCUT2D eigenvalue weighted by molar-refractivity contribution is 0.156. The van der Waals surface area contributed by atoms with Crippen LogP contribution in [0, 0.1) is 0 Å². The van der Waals surface area contributed by atoms with Crippen molar-refractivity contribution in [3.8, 4) is 0 Å². The third-order valence-electron chi connectivity index (χ3n) is 4.05. The van der Waals surface area contributed by atoms with E-state index in [9.17, 15) is 4.79 Å².